The molecule has 0 aliphatic carbocycles. The Balaban J connectivity index is 4.48. The normalized spacial score (nSPS) is 13.3. The lowest BCUT2D eigenvalue weighted by Crippen LogP contribution is -2.47. The Morgan fingerprint density at radius 3 is 1.67 bits per heavy atom. The molecule has 0 saturated carbocycles. The highest BCUT2D eigenvalue weighted by Gasteiger charge is 2.30. The Morgan fingerprint density at radius 1 is 0.722 bits per heavy atom. The average Bonchev–Trinajstić information content (AvgIpc) is 2.19. The molecule has 1 heteroatoms. The average molecular weight is 255 g/mol. The Kier molecular flexibility index (Phi) is 8.18. The highest BCUT2D eigenvalue weighted by atomic mass is 15.2. The van der Waals surface area contributed by atoms with Gasteiger partial charge in [0.1, 0.15) is 0 Å². The van der Waals surface area contributed by atoms with Crippen molar-refractivity contribution in [3.8, 4) is 0 Å². The van der Waals surface area contributed by atoms with Crippen LogP contribution >= 0.6 is 0 Å². The van der Waals surface area contributed by atoms with Crippen LogP contribution < -0.4 is 0 Å². The molecule has 0 fully saturated rings. The smallest absolute Gasteiger partial charge is 0.0158 e. The van der Waals surface area contributed by atoms with Crippen molar-refractivity contribution in [2.45, 2.75) is 92.5 Å². The Hall–Kier alpha value is -0.0400. The molecule has 110 valence electrons. The van der Waals surface area contributed by atoms with E-state index in [1.807, 2.05) is 0 Å². The van der Waals surface area contributed by atoms with Crippen LogP contribution in [0.1, 0.15) is 87.0 Å². The first-order valence-corrected chi connectivity index (χ1v) is 7.98. The van der Waals surface area contributed by atoms with Crippen molar-refractivity contribution < 1.29 is 0 Å². The van der Waals surface area contributed by atoms with Crippen LogP contribution in [0.3, 0.4) is 0 Å². The van der Waals surface area contributed by atoms with Gasteiger partial charge < -0.3 is 0 Å². The minimum atomic E-state index is 0.334. The minimum Gasteiger partial charge on any atom is -0.298 e. The van der Waals surface area contributed by atoms with Crippen LogP contribution in [0, 0.1) is 5.41 Å². The molecule has 0 heterocycles. The molecule has 0 aromatic rings. The topological polar surface area (TPSA) is 3.24 Å². The van der Waals surface area contributed by atoms with Crippen LogP contribution in [0.5, 0.6) is 0 Å². The van der Waals surface area contributed by atoms with Crippen molar-refractivity contribution in [2.24, 2.45) is 5.41 Å². The molecular formula is C17H37N. The van der Waals surface area contributed by atoms with Crippen molar-refractivity contribution in [1.82, 2.24) is 4.90 Å². The molecule has 0 saturated heterocycles. The fourth-order valence-corrected chi connectivity index (χ4v) is 3.03. The van der Waals surface area contributed by atoms with Gasteiger partial charge in [-0.1, -0.05) is 53.9 Å². The zero-order valence-electron chi connectivity index (χ0n) is 14.1. The summed E-state index contributed by atoms with van der Waals surface area (Å²) in [4.78, 5) is 2.73. The van der Waals surface area contributed by atoms with Gasteiger partial charge in [0.2, 0.25) is 0 Å². The lowest BCUT2D eigenvalue weighted by Gasteiger charge is -2.42. The van der Waals surface area contributed by atoms with Crippen LogP contribution in [0.25, 0.3) is 0 Å². The summed E-state index contributed by atoms with van der Waals surface area (Å²) in [5, 5.41) is 0. The molecule has 0 amide bonds. The molecule has 0 atom stereocenters. The standard InChI is InChI=1S/C17H37N/c1-8-10-12-14-18(13-11-9-2)17(6,7)15-16(3,4)5/h8-15H2,1-7H3. The maximum atomic E-state index is 2.73. The maximum absolute atomic E-state index is 2.73. The molecule has 0 aliphatic heterocycles. The van der Waals surface area contributed by atoms with Gasteiger partial charge in [0.15, 0.2) is 0 Å². The van der Waals surface area contributed by atoms with E-state index < -0.39 is 0 Å². The molecule has 0 spiro atoms. The quantitative estimate of drug-likeness (QED) is 0.492. The van der Waals surface area contributed by atoms with E-state index in [9.17, 15) is 0 Å². The number of unbranched alkanes of at least 4 members (excludes halogenated alkanes) is 3. The second-order valence-electron chi connectivity index (χ2n) is 7.60. The van der Waals surface area contributed by atoms with Crippen molar-refractivity contribution in [1.29, 1.82) is 0 Å². The van der Waals surface area contributed by atoms with Gasteiger partial charge in [-0.25, -0.2) is 0 Å². The molecule has 0 aromatic heterocycles. The Bertz CT molecular complexity index is 200. The number of rotatable bonds is 9. The molecule has 18 heavy (non-hydrogen) atoms. The van der Waals surface area contributed by atoms with E-state index >= 15 is 0 Å². The predicted molar refractivity (Wildman–Crippen MR) is 84.2 cm³/mol. The summed E-state index contributed by atoms with van der Waals surface area (Å²) in [6.45, 7) is 19.1. The molecule has 0 bridgehead atoms. The predicted octanol–water partition coefficient (Wildman–Crippen LogP) is 5.49. The van der Waals surface area contributed by atoms with Crippen LogP contribution in [-0.4, -0.2) is 23.5 Å². The van der Waals surface area contributed by atoms with Gasteiger partial charge in [-0.3, -0.25) is 4.90 Å². The van der Waals surface area contributed by atoms with Crippen molar-refractivity contribution in [3.63, 3.8) is 0 Å². The summed E-state index contributed by atoms with van der Waals surface area (Å²) in [5.74, 6) is 0. The maximum Gasteiger partial charge on any atom is 0.0158 e. The van der Waals surface area contributed by atoms with Gasteiger partial charge in [0, 0.05) is 5.54 Å². The summed E-state index contributed by atoms with van der Waals surface area (Å²) in [5.41, 5.74) is 0.750. The molecule has 0 aliphatic rings. The lowest BCUT2D eigenvalue weighted by molar-refractivity contribution is 0.0737. The largest absolute Gasteiger partial charge is 0.298 e. The number of hydrogen-bond donors (Lipinski definition) is 0. The van der Waals surface area contributed by atoms with E-state index in [4.69, 9.17) is 0 Å². The summed E-state index contributed by atoms with van der Waals surface area (Å²) >= 11 is 0. The summed E-state index contributed by atoms with van der Waals surface area (Å²) in [7, 11) is 0. The molecule has 0 N–H and O–H groups in total. The molecule has 0 radical (unpaired) electrons. The van der Waals surface area contributed by atoms with E-state index in [1.54, 1.807) is 0 Å². The third-order valence-electron chi connectivity index (χ3n) is 3.63. The molecule has 0 unspecified atom stereocenters. The molecular weight excluding hydrogens is 218 g/mol. The van der Waals surface area contributed by atoms with E-state index in [-0.39, 0.29) is 0 Å². The first-order chi connectivity index (χ1) is 8.23. The molecule has 1 nitrogen and oxygen atoms in total. The summed E-state index contributed by atoms with van der Waals surface area (Å²) in [6.07, 6.45) is 7.95. The molecule has 0 rings (SSSR count). The van der Waals surface area contributed by atoms with E-state index in [2.05, 4.69) is 53.4 Å². The second kappa shape index (κ2) is 8.19. The van der Waals surface area contributed by atoms with Crippen LogP contribution in [-0.2, 0) is 0 Å². The minimum absolute atomic E-state index is 0.334. The van der Waals surface area contributed by atoms with E-state index in [1.165, 1.54) is 51.6 Å². The Morgan fingerprint density at radius 2 is 1.22 bits per heavy atom. The van der Waals surface area contributed by atoms with Crippen molar-refractivity contribution in [2.75, 3.05) is 13.1 Å². The zero-order valence-corrected chi connectivity index (χ0v) is 14.1. The van der Waals surface area contributed by atoms with Gasteiger partial charge in [-0.15, -0.1) is 0 Å². The fourth-order valence-electron chi connectivity index (χ4n) is 3.03. The monoisotopic (exact) mass is 255 g/mol. The Labute approximate surface area is 116 Å². The van der Waals surface area contributed by atoms with Crippen molar-refractivity contribution >= 4 is 0 Å². The van der Waals surface area contributed by atoms with Gasteiger partial charge >= 0.3 is 0 Å². The number of hydrogen-bond acceptors (Lipinski definition) is 1. The summed E-state index contributed by atoms with van der Waals surface area (Å²) in [6, 6.07) is 0. The second-order valence-corrected chi connectivity index (χ2v) is 7.60. The van der Waals surface area contributed by atoms with E-state index in [0.717, 1.165) is 0 Å². The SMILES string of the molecule is CCCCCN(CCCC)C(C)(C)CC(C)(C)C. The first-order valence-electron chi connectivity index (χ1n) is 7.98. The third-order valence-corrected chi connectivity index (χ3v) is 3.63. The van der Waals surface area contributed by atoms with Gasteiger partial charge in [-0.2, -0.15) is 0 Å². The van der Waals surface area contributed by atoms with Gasteiger partial charge in [0.25, 0.3) is 0 Å². The third kappa shape index (κ3) is 8.13. The van der Waals surface area contributed by atoms with Gasteiger partial charge in [0.05, 0.1) is 0 Å². The van der Waals surface area contributed by atoms with E-state index in [0.29, 0.717) is 11.0 Å². The number of nitrogens with zero attached hydrogens (tertiary/aromatic N) is 1. The zero-order chi connectivity index (χ0) is 14.2. The summed E-state index contributed by atoms with van der Waals surface area (Å²) < 4.78 is 0. The van der Waals surface area contributed by atoms with Crippen LogP contribution in [0.15, 0.2) is 0 Å². The fraction of sp³-hybridized carbons (Fsp3) is 1.00. The van der Waals surface area contributed by atoms with Crippen LogP contribution in [0.2, 0.25) is 0 Å². The lowest BCUT2D eigenvalue weighted by atomic mass is 9.80. The highest BCUT2D eigenvalue weighted by Crippen LogP contribution is 2.31. The molecule has 0 aromatic carbocycles. The first kappa shape index (κ1) is 18.0. The van der Waals surface area contributed by atoms with Gasteiger partial charge in [-0.05, 0) is 51.6 Å². The van der Waals surface area contributed by atoms with Crippen molar-refractivity contribution in [3.05, 3.63) is 0 Å². The van der Waals surface area contributed by atoms with Crippen LogP contribution in [0.4, 0.5) is 0 Å². The highest BCUT2D eigenvalue weighted by molar-refractivity contribution is 4.86.